The highest BCUT2D eigenvalue weighted by Crippen LogP contribution is 2.36. The van der Waals surface area contributed by atoms with E-state index < -0.39 is 6.10 Å². The minimum absolute atomic E-state index is 0.153. The van der Waals surface area contributed by atoms with Gasteiger partial charge in [-0.15, -0.1) is 6.58 Å². The van der Waals surface area contributed by atoms with Crippen LogP contribution in [-0.4, -0.2) is 38.7 Å². The first-order valence-electron chi connectivity index (χ1n) is 9.41. The average molecular weight is 408 g/mol. The molecule has 0 bridgehead atoms. The number of carbonyl (C=O) groups is 2. The molecule has 0 aromatic heterocycles. The van der Waals surface area contributed by atoms with Gasteiger partial charge in [-0.25, -0.2) is 0 Å². The molecule has 156 valence electrons. The predicted molar refractivity (Wildman–Crippen MR) is 116 cm³/mol. The summed E-state index contributed by atoms with van der Waals surface area (Å²) in [4.78, 5) is 26.4. The quantitative estimate of drug-likeness (QED) is 0.559. The molecule has 7 nitrogen and oxygen atoms in total. The van der Waals surface area contributed by atoms with Crippen LogP contribution < -0.4 is 24.4 Å². The highest BCUT2D eigenvalue weighted by molar-refractivity contribution is 6.04. The van der Waals surface area contributed by atoms with Crippen LogP contribution in [0.3, 0.4) is 0 Å². The highest BCUT2D eigenvalue weighted by atomic mass is 16.5. The number of anilines is 2. The molecule has 2 aromatic rings. The van der Waals surface area contributed by atoms with E-state index >= 15 is 0 Å². The van der Waals surface area contributed by atoms with E-state index in [1.165, 1.54) is 6.08 Å². The van der Waals surface area contributed by atoms with Crippen molar-refractivity contribution >= 4 is 29.3 Å². The van der Waals surface area contributed by atoms with E-state index in [2.05, 4.69) is 11.9 Å². The first kappa shape index (κ1) is 21.0. The van der Waals surface area contributed by atoms with Gasteiger partial charge in [-0.1, -0.05) is 12.1 Å². The van der Waals surface area contributed by atoms with Gasteiger partial charge in [0.2, 0.25) is 5.91 Å². The molecule has 0 radical (unpaired) electrons. The van der Waals surface area contributed by atoms with Crippen LogP contribution in [0.15, 0.2) is 55.1 Å². The molecule has 1 unspecified atom stereocenters. The Balaban J connectivity index is 1.75. The third-order valence-electron chi connectivity index (χ3n) is 4.58. The first-order chi connectivity index (χ1) is 14.5. The number of benzene rings is 2. The van der Waals surface area contributed by atoms with Gasteiger partial charge in [-0.2, -0.15) is 0 Å². The molecule has 0 saturated heterocycles. The Morgan fingerprint density at radius 3 is 2.67 bits per heavy atom. The summed E-state index contributed by atoms with van der Waals surface area (Å²) >= 11 is 0. The number of rotatable bonds is 7. The maximum Gasteiger partial charge on any atom is 0.268 e. The van der Waals surface area contributed by atoms with Crippen molar-refractivity contribution in [1.82, 2.24) is 0 Å². The Kier molecular flexibility index (Phi) is 6.41. The van der Waals surface area contributed by atoms with Crippen LogP contribution >= 0.6 is 0 Å². The zero-order valence-corrected chi connectivity index (χ0v) is 17.2. The first-order valence-corrected chi connectivity index (χ1v) is 9.41. The molecule has 1 atom stereocenters. The molecule has 0 fully saturated rings. The summed E-state index contributed by atoms with van der Waals surface area (Å²) in [6, 6.07) is 10.6. The maximum absolute atomic E-state index is 12.4. The molecule has 3 rings (SSSR count). The summed E-state index contributed by atoms with van der Waals surface area (Å²) in [6.07, 6.45) is 4.18. The maximum atomic E-state index is 12.4. The van der Waals surface area contributed by atoms with E-state index in [4.69, 9.17) is 14.2 Å². The van der Waals surface area contributed by atoms with Crippen LogP contribution in [0.2, 0.25) is 0 Å². The van der Waals surface area contributed by atoms with E-state index in [1.54, 1.807) is 68.5 Å². The van der Waals surface area contributed by atoms with E-state index in [-0.39, 0.29) is 11.8 Å². The largest absolute Gasteiger partial charge is 0.493 e. The Bertz CT molecular complexity index is 999. The summed E-state index contributed by atoms with van der Waals surface area (Å²) in [5, 5.41) is 2.80. The topological polar surface area (TPSA) is 77.1 Å². The molecule has 1 aliphatic rings. The van der Waals surface area contributed by atoms with Crippen LogP contribution in [0.25, 0.3) is 6.08 Å². The molecule has 30 heavy (non-hydrogen) atoms. The van der Waals surface area contributed by atoms with Gasteiger partial charge in [0.1, 0.15) is 5.75 Å². The van der Waals surface area contributed by atoms with Gasteiger partial charge in [0.05, 0.1) is 19.9 Å². The SMILES string of the molecule is C=CCN1C(=O)C(C)Oc2ccc(NC(=O)/C=C/c3ccc(OC)c(OC)c3)cc21. The Morgan fingerprint density at radius 1 is 1.20 bits per heavy atom. The third kappa shape index (κ3) is 4.46. The number of nitrogens with one attached hydrogen (secondary N) is 1. The summed E-state index contributed by atoms with van der Waals surface area (Å²) in [5.41, 5.74) is 1.94. The van der Waals surface area contributed by atoms with Gasteiger partial charge in [-0.3, -0.25) is 9.59 Å². The number of amides is 2. The molecule has 0 aliphatic carbocycles. The van der Waals surface area contributed by atoms with Crippen molar-refractivity contribution < 1.29 is 23.8 Å². The number of methoxy groups -OCH3 is 2. The minimum Gasteiger partial charge on any atom is -0.493 e. The van der Waals surface area contributed by atoms with Crippen molar-refractivity contribution in [3.63, 3.8) is 0 Å². The molecule has 2 aromatic carbocycles. The third-order valence-corrected chi connectivity index (χ3v) is 4.58. The molecule has 7 heteroatoms. The molecule has 1 N–H and O–H groups in total. The van der Waals surface area contributed by atoms with Gasteiger partial charge in [-0.05, 0) is 48.9 Å². The zero-order valence-electron chi connectivity index (χ0n) is 17.2. The number of carbonyl (C=O) groups excluding carboxylic acids is 2. The van der Waals surface area contributed by atoms with Crippen molar-refractivity contribution in [2.75, 3.05) is 31.0 Å². The van der Waals surface area contributed by atoms with Crippen LogP contribution in [0, 0.1) is 0 Å². The monoisotopic (exact) mass is 408 g/mol. The zero-order chi connectivity index (χ0) is 21.7. The molecule has 1 aliphatic heterocycles. The lowest BCUT2D eigenvalue weighted by Gasteiger charge is -2.32. The number of fused-ring (bicyclic) bond motifs is 1. The van der Waals surface area contributed by atoms with Crippen LogP contribution in [0.5, 0.6) is 17.2 Å². The van der Waals surface area contributed by atoms with Crippen LogP contribution in [-0.2, 0) is 9.59 Å². The lowest BCUT2D eigenvalue weighted by molar-refractivity contribution is -0.125. The Morgan fingerprint density at radius 2 is 1.97 bits per heavy atom. The fourth-order valence-electron chi connectivity index (χ4n) is 3.11. The number of hydrogen-bond acceptors (Lipinski definition) is 5. The lowest BCUT2D eigenvalue weighted by atomic mass is 10.1. The molecular weight excluding hydrogens is 384 g/mol. The second-order valence-corrected chi connectivity index (χ2v) is 6.62. The van der Waals surface area contributed by atoms with Gasteiger partial charge in [0.15, 0.2) is 17.6 Å². The fourth-order valence-corrected chi connectivity index (χ4v) is 3.11. The van der Waals surface area contributed by atoms with Gasteiger partial charge >= 0.3 is 0 Å². The van der Waals surface area contributed by atoms with Crippen molar-refractivity contribution in [2.45, 2.75) is 13.0 Å². The van der Waals surface area contributed by atoms with Crippen molar-refractivity contribution in [3.8, 4) is 17.2 Å². The molecule has 0 saturated carbocycles. The van der Waals surface area contributed by atoms with Gasteiger partial charge in [0.25, 0.3) is 5.91 Å². The number of nitrogens with zero attached hydrogens (tertiary/aromatic N) is 1. The summed E-state index contributed by atoms with van der Waals surface area (Å²) in [6.45, 7) is 5.77. The van der Waals surface area contributed by atoms with Crippen molar-refractivity contribution in [1.29, 1.82) is 0 Å². The van der Waals surface area contributed by atoms with Crippen LogP contribution in [0.4, 0.5) is 11.4 Å². The van der Waals surface area contributed by atoms with Crippen molar-refractivity contribution in [3.05, 3.63) is 60.7 Å². The second kappa shape index (κ2) is 9.17. The smallest absolute Gasteiger partial charge is 0.268 e. The van der Waals surface area contributed by atoms with E-state index in [1.807, 2.05) is 6.07 Å². The van der Waals surface area contributed by atoms with Gasteiger partial charge < -0.3 is 24.4 Å². The summed E-state index contributed by atoms with van der Waals surface area (Å²) in [5.74, 6) is 1.32. The fraction of sp³-hybridized carbons (Fsp3) is 0.217. The molecule has 1 heterocycles. The summed E-state index contributed by atoms with van der Waals surface area (Å²) < 4.78 is 16.1. The highest BCUT2D eigenvalue weighted by Gasteiger charge is 2.30. The van der Waals surface area contributed by atoms with E-state index in [0.29, 0.717) is 35.2 Å². The minimum atomic E-state index is -0.567. The molecule has 0 spiro atoms. The molecule has 2 amide bonds. The molecular formula is C23H24N2O5. The second-order valence-electron chi connectivity index (χ2n) is 6.62. The van der Waals surface area contributed by atoms with E-state index in [0.717, 1.165) is 5.56 Å². The van der Waals surface area contributed by atoms with Gasteiger partial charge in [0, 0.05) is 18.3 Å². The van der Waals surface area contributed by atoms with Crippen LogP contribution in [0.1, 0.15) is 12.5 Å². The standard InChI is InChI=1S/C23H24N2O5/c1-5-12-25-18-14-17(8-10-19(18)30-15(2)23(25)27)24-22(26)11-7-16-6-9-20(28-3)21(13-16)29-4/h5-11,13-15H,1,12H2,2-4H3,(H,24,26)/b11-7+. The summed E-state index contributed by atoms with van der Waals surface area (Å²) in [7, 11) is 3.12. The van der Waals surface area contributed by atoms with E-state index in [9.17, 15) is 9.59 Å². The predicted octanol–water partition coefficient (Wildman–Crippen LogP) is 3.66. The average Bonchev–Trinajstić information content (AvgIpc) is 2.75. The Labute approximate surface area is 175 Å². The lowest BCUT2D eigenvalue weighted by Crippen LogP contribution is -2.44. The normalized spacial score (nSPS) is 15.4. The number of hydrogen-bond donors (Lipinski definition) is 1. The van der Waals surface area contributed by atoms with Crippen molar-refractivity contribution in [2.24, 2.45) is 0 Å². The number of ether oxygens (including phenoxy) is 3. The Hall–Kier alpha value is -3.74.